The van der Waals surface area contributed by atoms with Crippen LogP contribution < -0.4 is 10.3 Å². The summed E-state index contributed by atoms with van der Waals surface area (Å²) >= 11 is 0. The number of hydrogen-bond donors (Lipinski definition) is 2. The third kappa shape index (κ3) is 2.13. The molecule has 0 amide bonds. The number of pyridine rings is 1. The summed E-state index contributed by atoms with van der Waals surface area (Å²) in [6.45, 7) is 1.44. The summed E-state index contributed by atoms with van der Waals surface area (Å²) < 4.78 is 5.29. The van der Waals surface area contributed by atoms with Crippen molar-refractivity contribution in [2.75, 3.05) is 0 Å². The number of rotatable bonds is 3. The molecule has 0 saturated heterocycles. The molecule has 2 rings (SSSR count). The van der Waals surface area contributed by atoms with Gasteiger partial charge >= 0.3 is 5.97 Å². The summed E-state index contributed by atoms with van der Waals surface area (Å²) in [6, 6.07) is 6.63. The summed E-state index contributed by atoms with van der Waals surface area (Å²) in [4.78, 5) is 24.8. The molecule has 0 aliphatic heterocycles. The van der Waals surface area contributed by atoms with Crippen LogP contribution in [-0.4, -0.2) is 22.2 Å². The van der Waals surface area contributed by atoms with Gasteiger partial charge < -0.3 is 14.8 Å². The first-order valence-corrected chi connectivity index (χ1v) is 5.09. The second-order valence-corrected chi connectivity index (χ2v) is 3.62. The van der Waals surface area contributed by atoms with Crippen LogP contribution in [0, 0.1) is 0 Å². The van der Waals surface area contributed by atoms with Gasteiger partial charge in [-0.2, -0.15) is 0 Å². The van der Waals surface area contributed by atoms with Crippen LogP contribution >= 0.6 is 0 Å². The van der Waals surface area contributed by atoms with Crippen LogP contribution in [0.25, 0.3) is 10.8 Å². The van der Waals surface area contributed by atoms with Gasteiger partial charge in [0.1, 0.15) is 5.75 Å². The van der Waals surface area contributed by atoms with Crippen molar-refractivity contribution in [2.45, 2.75) is 13.0 Å². The smallest absolute Gasteiger partial charge is 0.344 e. The quantitative estimate of drug-likeness (QED) is 0.839. The highest BCUT2D eigenvalue weighted by molar-refractivity contribution is 5.87. The van der Waals surface area contributed by atoms with Crippen LogP contribution in [0.2, 0.25) is 0 Å². The SMILES string of the molecule is C[C@@H](Oc1cccc2c(=O)[nH]ccc12)C(=O)O. The van der Waals surface area contributed by atoms with Crippen LogP contribution in [0.1, 0.15) is 6.92 Å². The molecule has 0 aliphatic carbocycles. The van der Waals surface area contributed by atoms with E-state index in [1.807, 2.05) is 0 Å². The van der Waals surface area contributed by atoms with Gasteiger partial charge in [-0.25, -0.2) is 4.79 Å². The summed E-state index contributed by atoms with van der Waals surface area (Å²) in [6.07, 6.45) is 0.544. The zero-order valence-electron chi connectivity index (χ0n) is 9.14. The maximum Gasteiger partial charge on any atom is 0.344 e. The molecular weight excluding hydrogens is 222 g/mol. The standard InChI is InChI=1S/C12H11NO4/c1-7(12(15)16)17-10-4-2-3-9-8(10)5-6-13-11(9)14/h2-7H,1H3,(H,13,14)(H,15,16)/t7-/m1/s1. The number of nitrogens with one attached hydrogen (secondary N) is 1. The Hall–Kier alpha value is -2.30. The number of ether oxygens (including phenoxy) is 1. The Bertz CT molecular complexity index is 617. The Morgan fingerprint density at radius 1 is 1.35 bits per heavy atom. The molecule has 5 nitrogen and oxygen atoms in total. The number of hydrogen-bond acceptors (Lipinski definition) is 3. The zero-order valence-corrected chi connectivity index (χ0v) is 9.14. The first-order valence-electron chi connectivity index (χ1n) is 5.09. The van der Waals surface area contributed by atoms with Crippen molar-refractivity contribution < 1.29 is 14.6 Å². The van der Waals surface area contributed by atoms with E-state index in [1.165, 1.54) is 13.1 Å². The van der Waals surface area contributed by atoms with E-state index in [2.05, 4.69) is 4.98 Å². The number of carboxylic acid groups (broad SMARTS) is 1. The van der Waals surface area contributed by atoms with Gasteiger partial charge in [0, 0.05) is 11.6 Å². The third-order valence-corrected chi connectivity index (χ3v) is 2.43. The fourth-order valence-electron chi connectivity index (χ4n) is 1.54. The van der Waals surface area contributed by atoms with Gasteiger partial charge in [0.05, 0.1) is 5.39 Å². The number of benzene rings is 1. The second kappa shape index (κ2) is 4.29. The van der Waals surface area contributed by atoms with Crippen molar-refractivity contribution in [3.8, 4) is 5.75 Å². The fraction of sp³-hybridized carbons (Fsp3) is 0.167. The Morgan fingerprint density at radius 2 is 2.12 bits per heavy atom. The average molecular weight is 233 g/mol. The fourth-order valence-corrected chi connectivity index (χ4v) is 1.54. The Morgan fingerprint density at radius 3 is 2.82 bits per heavy atom. The molecule has 88 valence electrons. The molecule has 2 aromatic rings. The predicted octanol–water partition coefficient (Wildman–Crippen LogP) is 1.38. The van der Waals surface area contributed by atoms with Crippen LogP contribution in [0.3, 0.4) is 0 Å². The molecule has 1 atom stereocenters. The molecule has 2 N–H and O–H groups in total. The highest BCUT2D eigenvalue weighted by atomic mass is 16.5. The van der Waals surface area contributed by atoms with Crippen LogP contribution in [0.15, 0.2) is 35.3 Å². The minimum atomic E-state index is -1.05. The van der Waals surface area contributed by atoms with Crippen LogP contribution in [0.5, 0.6) is 5.75 Å². The number of H-pyrrole nitrogens is 1. The third-order valence-electron chi connectivity index (χ3n) is 2.43. The summed E-state index contributed by atoms with van der Waals surface area (Å²) in [5.74, 6) is -0.657. The van der Waals surface area contributed by atoms with Crippen molar-refractivity contribution in [3.63, 3.8) is 0 Å². The normalized spacial score (nSPS) is 12.3. The number of fused-ring (bicyclic) bond motifs is 1. The minimum Gasteiger partial charge on any atom is -0.479 e. The van der Waals surface area contributed by atoms with Crippen molar-refractivity contribution in [1.29, 1.82) is 0 Å². The first kappa shape index (κ1) is 11.2. The van der Waals surface area contributed by atoms with E-state index < -0.39 is 12.1 Å². The highest BCUT2D eigenvalue weighted by Crippen LogP contribution is 2.23. The monoisotopic (exact) mass is 233 g/mol. The van der Waals surface area contributed by atoms with Crippen molar-refractivity contribution in [3.05, 3.63) is 40.8 Å². The number of aromatic amines is 1. The Balaban J connectivity index is 2.52. The Kier molecular flexibility index (Phi) is 2.82. The van der Waals surface area contributed by atoms with Gasteiger partial charge in [-0.3, -0.25) is 4.79 Å². The minimum absolute atomic E-state index is 0.226. The molecule has 0 bridgehead atoms. The van der Waals surface area contributed by atoms with Gasteiger partial charge in [-0.15, -0.1) is 0 Å². The molecule has 1 heterocycles. The first-order chi connectivity index (χ1) is 8.09. The zero-order chi connectivity index (χ0) is 12.4. The Labute approximate surface area is 96.7 Å². The topological polar surface area (TPSA) is 79.4 Å². The number of carboxylic acids is 1. The second-order valence-electron chi connectivity index (χ2n) is 3.62. The van der Waals surface area contributed by atoms with Crippen molar-refractivity contribution >= 4 is 16.7 Å². The molecule has 1 aromatic heterocycles. The maximum atomic E-state index is 11.5. The molecule has 0 fully saturated rings. The van der Waals surface area contributed by atoms with Gasteiger partial charge in [0.15, 0.2) is 6.10 Å². The van der Waals surface area contributed by atoms with E-state index in [1.54, 1.807) is 24.3 Å². The maximum absolute atomic E-state index is 11.5. The van der Waals surface area contributed by atoms with Crippen LogP contribution in [-0.2, 0) is 4.79 Å². The average Bonchev–Trinajstić information content (AvgIpc) is 2.30. The highest BCUT2D eigenvalue weighted by Gasteiger charge is 2.14. The lowest BCUT2D eigenvalue weighted by molar-refractivity contribution is -0.144. The van der Waals surface area contributed by atoms with Crippen LogP contribution in [0.4, 0.5) is 0 Å². The molecule has 0 radical (unpaired) electrons. The molecule has 0 unspecified atom stereocenters. The lowest BCUT2D eigenvalue weighted by atomic mass is 10.1. The molecule has 0 saturated carbocycles. The van der Waals surface area contributed by atoms with Gasteiger partial charge in [-0.1, -0.05) is 6.07 Å². The largest absolute Gasteiger partial charge is 0.479 e. The van der Waals surface area contributed by atoms with Gasteiger partial charge in [-0.05, 0) is 25.1 Å². The van der Waals surface area contributed by atoms with E-state index in [-0.39, 0.29) is 5.56 Å². The van der Waals surface area contributed by atoms with Crippen molar-refractivity contribution in [2.24, 2.45) is 0 Å². The number of aliphatic carboxylic acids is 1. The lowest BCUT2D eigenvalue weighted by Crippen LogP contribution is -2.23. The van der Waals surface area contributed by atoms with Gasteiger partial charge in [0.2, 0.25) is 0 Å². The van der Waals surface area contributed by atoms with E-state index in [0.717, 1.165) is 0 Å². The summed E-state index contributed by atoms with van der Waals surface area (Å²) in [5.41, 5.74) is -0.226. The summed E-state index contributed by atoms with van der Waals surface area (Å²) in [7, 11) is 0. The molecule has 5 heteroatoms. The van der Waals surface area contributed by atoms with E-state index in [0.29, 0.717) is 16.5 Å². The summed E-state index contributed by atoms with van der Waals surface area (Å²) in [5, 5.41) is 9.85. The van der Waals surface area contributed by atoms with Gasteiger partial charge in [0.25, 0.3) is 5.56 Å². The molecule has 1 aromatic carbocycles. The number of aromatic nitrogens is 1. The molecule has 17 heavy (non-hydrogen) atoms. The number of carbonyl (C=O) groups is 1. The molecule has 0 aliphatic rings. The molecular formula is C12H11NO4. The van der Waals surface area contributed by atoms with Crippen molar-refractivity contribution in [1.82, 2.24) is 4.98 Å². The van der Waals surface area contributed by atoms with E-state index >= 15 is 0 Å². The van der Waals surface area contributed by atoms with E-state index in [9.17, 15) is 9.59 Å². The van der Waals surface area contributed by atoms with E-state index in [4.69, 9.17) is 9.84 Å². The predicted molar refractivity (Wildman–Crippen MR) is 62.3 cm³/mol. The lowest BCUT2D eigenvalue weighted by Gasteiger charge is -2.12. The molecule has 0 spiro atoms.